The number of benzene rings is 1. The molecule has 1 amide bonds. The molecule has 194 valence electrons. The Bertz CT molecular complexity index is 1120. The maximum absolute atomic E-state index is 13.4. The van der Waals surface area contributed by atoms with Crippen molar-refractivity contribution in [2.24, 2.45) is 5.92 Å². The third kappa shape index (κ3) is 4.48. The largest absolute Gasteiger partial charge is 0.508 e. The minimum Gasteiger partial charge on any atom is -0.508 e. The molecule has 0 spiro atoms. The molecule has 0 radical (unpaired) electrons. The topological polar surface area (TPSA) is 86.1 Å². The molecule has 2 aromatic rings. The van der Waals surface area contributed by atoms with E-state index in [-0.39, 0.29) is 24.1 Å². The van der Waals surface area contributed by atoms with Gasteiger partial charge < -0.3 is 19.8 Å². The number of carbonyl (C=O) groups is 1. The van der Waals surface area contributed by atoms with Crippen LogP contribution in [0.1, 0.15) is 55.8 Å². The van der Waals surface area contributed by atoms with Gasteiger partial charge in [-0.3, -0.25) is 9.69 Å². The summed E-state index contributed by atoms with van der Waals surface area (Å²) < 4.78 is 5.22. The fourth-order valence-corrected chi connectivity index (χ4v) is 6.67. The van der Waals surface area contributed by atoms with Gasteiger partial charge >= 0.3 is 0 Å². The van der Waals surface area contributed by atoms with Gasteiger partial charge in [-0.1, -0.05) is 12.1 Å². The summed E-state index contributed by atoms with van der Waals surface area (Å²) in [5, 5.41) is 23.1. The summed E-state index contributed by atoms with van der Waals surface area (Å²) in [6, 6.07) is 10.9. The fraction of sp³-hybridized carbons (Fsp3) is 0.586. The van der Waals surface area contributed by atoms with Crippen molar-refractivity contribution in [3.8, 4) is 11.6 Å². The van der Waals surface area contributed by atoms with Crippen molar-refractivity contribution in [3.05, 3.63) is 53.2 Å². The van der Waals surface area contributed by atoms with Crippen molar-refractivity contribution in [1.29, 1.82) is 0 Å². The Morgan fingerprint density at radius 1 is 1.14 bits per heavy atom. The van der Waals surface area contributed by atoms with E-state index in [1.807, 2.05) is 29.2 Å². The van der Waals surface area contributed by atoms with Gasteiger partial charge in [0.2, 0.25) is 11.8 Å². The molecule has 3 atom stereocenters. The van der Waals surface area contributed by atoms with Crippen molar-refractivity contribution in [2.75, 3.05) is 33.3 Å². The zero-order valence-electron chi connectivity index (χ0n) is 21.7. The fourth-order valence-electron chi connectivity index (χ4n) is 6.67. The highest BCUT2D eigenvalue weighted by Crippen LogP contribution is 2.53. The number of phenolic OH excluding ortho intramolecular Hbond substituents is 1. The number of aliphatic hydroxyl groups is 1. The lowest BCUT2D eigenvalue weighted by atomic mass is 9.57. The number of aryl methyl sites for hydroxylation is 1. The molecule has 1 saturated carbocycles. The van der Waals surface area contributed by atoms with Crippen LogP contribution in [0.2, 0.25) is 0 Å². The summed E-state index contributed by atoms with van der Waals surface area (Å²) in [7, 11) is 1.57. The Balaban J connectivity index is 1.46. The molecule has 2 aliphatic heterocycles. The number of hydrogen-bond donors (Lipinski definition) is 2. The summed E-state index contributed by atoms with van der Waals surface area (Å²) in [6.45, 7) is 7.23. The van der Waals surface area contributed by atoms with Gasteiger partial charge in [0.15, 0.2) is 0 Å². The second kappa shape index (κ2) is 9.67. The molecular weight excluding hydrogens is 454 g/mol. The quantitative estimate of drug-likeness (QED) is 0.641. The molecule has 3 aliphatic rings. The van der Waals surface area contributed by atoms with Crippen molar-refractivity contribution < 1.29 is 19.7 Å². The van der Waals surface area contributed by atoms with Gasteiger partial charge in [-0.15, -0.1) is 0 Å². The highest BCUT2D eigenvalue weighted by atomic mass is 16.5. The van der Waals surface area contributed by atoms with E-state index in [0.717, 1.165) is 36.6 Å². The number of pyridine rings is 1. The zero-order valence-corrected chi connectivity index (χ0v) is 21.7. The predicted octanol–water partition coefficient (Wildman–Crippen LogP) is 3.44. The third-order valence-corrected chi connectivity index (χ3v) is 9.07. The van der Waals surface area contributed by atoms with Crippen LogP contribution < -0.4 is 4.74 Å². The standard InChI is InChI=1S/C29H39N3O4/c1-20-7-10-24(33)18-25(20)28-11-14-31(27(34)17-23-5-4-6-26(30-23)36-3)16-13-29(28,35)21(2)32(15-12-28)19-22-8-9-22/h4-7,10,18,21-22,33,35H,8-9,11-17,19H2,1-3H3. The van der Waals surface area contributed by atoms with Crippen LogP contribution in [0.25, 0.3) is 0 Å². The molecule has 3 heterocycles. The number of methoxy groups -OCH3 is 1. The molecular formula is C29H39N3O4. The molecule has 7 heteroatoms. The SMILES string of the molecule is COc1cccc(CC(=O)N2CCC3(c4cc(O)ccc4C)CCN(CC4CC4)C(C)C3(O)CC2)n1. The monoisotopic (exact) mass is 493 g/mol. The first-order chi connectivity index (χ1) is 17.3. The predicted molar refractivity (Wildman–Crippen MR) is 138 cm³/mol. The van der Waals surface area contributed by atoms with Crippen LogP contribution in [0.4, 0.5) is 0 Å². The second-order valence-electron chi connectivity index (χ2n) is 11.1. The molecule has 3 fully saturated rings. The molecule has 1 aromatic carbocycles. The second-order valence-corrected chi connectivity index (χ2v) is 11.1. The minimum absolute atomic E-state index is 0.0169. The average Bonchev–Trinajstić information content (AvgIpc) is 3.70. The molecule has 7 nitrogen and oxygen atoms in total. The van der Waals surface area contributed by atoms with Gasteiger partial charge in [-0.2, -0.15) is 0 Å². The number of nitrogens with zero attached hydrogens (tertiary/aromatic N) is 3. The molecule has 2 saturated heterocycles. The molecule has 1 aliphatic carbocycles. The first kappa shape index (κ1) is 25.0. The third-order valence-electron chi connectivity index (χ3n) is 9.07. The van der Waals surface area contributed by atoms with E-state index < -0.39 is 11.0 Å². The van der Waals surface area contributed by atoms with E-state index in [2.05, 4.69) is 23.7 Å². The van der Waals surface area contributed by atoms with E-state index in [9.17, 15) is 15.0 Å². The van der Waals surface area contributed by atoms with E-state index in [1.54, 1.807) is 19.2 Å². The highest BCUT2D eigenvalue weighted by molar-refractivity contribution is 5.78. The molecule has 36 heavy (non-hydrogen) atoms. The van der Waals surface area contributed by atoms with Gasteiger partial charge in [0.25, 0.3) is 0 Å². The highest BCUT2D eigenvalue weighted by Gasteiger charge is 2.59. The number of aromatic hydroxyl groups is 1. The number of amides is 1. The number of fused-ring (bicyclic) bond motifs is 1. The Labute approximate surface area is 214 Å². The Morgan fingerprint density at radius 3 is 2.64 bits per heavy atom. The van der Waals surface area contributed by atoms with Crippen LogP contribution in [0.3, 0.4) is 0 Å². The average molecular weight is 494 g/mol. The maximum Gasteiger partial charge on any atom is 0.228 e. The maximum atomic E-state index is 13.4. The summed E-state index contributed by atoms with van der Waals surface area (Å²) in [5.41, 5.74) is 1.24. The van der Waals surface area contributed by atoms with Crippen LogP contribution in [-0.2, 0) is 16.6 Å². The number of hydrogen-bond acceptors (Lipinski definition) is 6. The lowest BCUT2D eigenvalue weighted by molar-refractivity contribution is -0.137. The lowest BCUT2D eigenvalue weighted by Crippen LogP contribution is -2.68. The van der Waals surface area contributed by atoms with Gasteiger partial charge in [0.1, 0.15) is 5.75 Å². The Morgan fingerprint density at radius 2 is 1.89 bits per heavy atom. The van der Waals surface area contributed by atoms with Gasteiger partial charge in [-0.05, 0) is 87.7 Å². The molecule has 2 N–H and O–H groups in total. The number of ether oxygens (including phenoxy) is 1. The van der Waals surface area contributed by atoms with Crippen LogP contribution >= 0.6 is 0 Å². The minimum atomic E-state index is -1.01. The smallest absolute Gasteiger partial charge is 0.228 e. The van der Waals surface area contributed by atoms with E-state index in [0.29, 0.717) is 37.5 Å². The van der Waals surface area contributed by atoms with Gasteiger partial charge in [-0.25, -0.2) is 4.98 Å². The number of aromatic nitrogens is 1. The molecule has 5 rings (SSSR count). The van der Waals surface area contributed by atoms with Crippen molar-refractivity contribution in [1.82, 2.24) is 14.8 Å². The Kier molecular flexibility index (Phi) is 6.72. The molecule has 3 unspecified atom stereocenters. The lowest BCUT2D eigenvalue weighted by Gasteiger charge is -2.57. The normalized spacial score (nSPS) is 28.9. The number of rotatable bonds is 6. The number of likely N-dealkylation sites (tertiary alicyclic amines) is 2. The Hall–Kier alpha value is -2.64. The molecule has 0 bridgehead atoms. The van der Waals surface area contributed by atoms with Crippen LogP contribution in [-0.4, -0.2) is 75.8 Å². The van der Waals surface area contributed by atoms with Crippen molar-refractivity contribution >= 4 is 5.91 Å². The van der Waals surface area contributed by atoms with E-state index in [1.165, 1.54) is 12.8 Å². The van der Waals surface area contributed by atoms with E-state index >= 15 is 0 Å². The van der Waals surface area contributed by atoms with Crippen LogP contribution in [0.15, 0.2) is 36.4 Å². The number of piperidine rings is 1. The van der Waals surface area contributed by atoms with Crippen LogP contribution in [0, 0.1) is 12.8 Å². The number of phenols is 1. The van der Waals surface area contributed by atoms with Crippen LogP contribution in [0.5, 0.6) is 11.6 Å². The first-order valence-corrected chi connectivity index (χ1v) is 13.3. The number of carbonyl (C=O) groups excluding carboxylic acids is 1. The molecule has 1 aromatic heterocycles. The van der Waals surface area contributed by atoms with Crippen molar-refractivity contribution in [2.45, 2.75) is 69.4 Å². The first-order valence-electron chi connectivity index (χ1n) is 13.3. The summed E-state index contributed by atoms with van der Waals surface area (Å²) >= 11 is 0. The van der Waals surface area contributed by atoms with Crippen molar-refractivity contribution in [3.63, 3.8) is 0 Å². The summed E-state index contributed by atoms with van der Waals surface area (Å²) in [4.78, 5) is 22.2. The van der Waals surface area contributed by atoms with E-state index in [4.69, 9.17) is 4.74 Å². The summed E-state index contributed by atoms with van der Waals surface area (Å²) in [6.07, 6.45) is 4.73. The van der Waals surface area contributed by atoms with Gasteiger partial charge in [0.05, 0.1) is 24.8 Å². The van der Waals surface area contributed by atoms with Gasteiger partial charge in [0, 0.05) is 37.2 Å². The zero-order chi connectivity index (χ0) is 25.5. The summed E-state index contributed by atoms with van der Waals surface area (Å²) in [5.74, 6) is 1.48.